The Hall–Kier alpha value is -4.52. The molecule has 2 N–H and O–H groups in total. The predicted molar refractivity (Wildman–Crippen MR) is 167 cm³/mol. The van der Waals surface area contributed by atoms with Crippen LogP contribution in [0.4, 0.5) is 10.8 Å². The van der Waals surface area contributed by atoms with E-state index in [2.05, 4.69) is 31.5 Å². The summed E-state index contributed by atoms with van der Waals surface area (Å²) in [7, 11) is 0. The third-order valence-corrected chi connectivity index (χ3v) is 9.31. The van der Waals surface area contributed by atoms with Gasteiger partial charge < -0.3 is 9.88 Å². The van der Waals surface area contributed by atoms with Crippen LogP contribution >= 0.6 is 22.7 Å². The molecule has 2 aromatic carbocycles. The maximum Gasteiger partial charge on any atom is 0.271 e. The van der Waals surface area contributed by atoms with Gasteiger partial charge in [-0.1, -0.05) is 30.3 Å². The average molecular weight is 577 g/mol. The molecule has 3 heterocycles. The highest BCUT2D eigenvalue weighted by Crippen LogP contribution is 2.38. The van der Waals surface area contributed by atoms with Gasteiger partial charge in [-0.2, -0.15) is 10.4 Å². The second kappa shape index (κ2) is 11.5. The van der Waals surface area contributed by atoms with E-state index in [1.165, 1.54) is 28.2 Å². The van der Waals surface area contributed by atoms with Gasteiger partial charge in [-0.25, -0.2) is 10.4 Å². The van der Waals surface area contributed by atoms with E-state index in [0.29, 0.717) is 5.56 Å². The number of amides is 1. The summed E-state index contributed by atoms with van der Waals surface area (Å²) in [5.41, 5.74) is 10.9. The molecule has 0 fully saturated rings. The van der Waals surface area contributed by atoms with Crippen LogP contribution in [-0.4, -0.2) is 21.7 Å². The molecular weight excluding hydrogens is 549 g/mol. The molecule has 204 valence electrons. The Morgan fingerprint density at radius 3 is 2.66 bits per heavy atom. The van der Waals surface area contributed by atoms with Crippen molar-refractivity contribution in [2.75, 3.05) is 5.32 Å². The van der Waals surface area contributed by atoms with E-state index in [4.69, 9.17) is 0 Å². The largest absolute Gasteiger partial charge is 0.332 e. The summed E-state index contributed by atoms with van der Waals surface area (Å²) in [5.74, 6) is -0.292. The number of hydrogen-bond acceptors (Lipinski definition) is 7. The molecule has 3 aromatic heterocycles. The molecule has 9 heteroatoms. The number of carbonyl (C=O) groups excluding carboxylic acids is 1. The molecule has 41 heavy (non-hydrogen) atoms. The minimum Gasteiger partial charge on any atom is -0.332 e. The minimum atomic E-state index is -0.292. The quantitative estimate of drug-likeness (QED) is 0.155. The number of benzene rings is 2. The number of rotatable bonds is 7. The number of hydrazone groups is 1. The zero-order chi connectivity index (χ0) is 28.3. The van der Waals surface area contributed by atoms with Crippen molar-refractivity contribution in [1.29, 1.82) is 5.26 Å². The van der Waals surface area contributed by atoms with Crippen LogP contribution in [0.2, 0.25) is 0 Å². The van der Waals surface area contributed by atoms with Crippen LogP contribution in [0.1, 0.15) is 56.2 Å². The summed E-state index contributed by atoms with van der Waals surface area (Å²) in [6.45, 7) is 4.06. The van der Waals surface area contributed by atoms with Crippen LogP contribution in [0.3, 0.4) is 0 Å². The maximum absolute atomic E-state index is 12.7. The van der Waals surface area contributed by atoms with E-state index in [1.807, 2.05) is 67.8 Å². The summed E-state index contributed by atoms with van der Waals surface area (Å²) in [4.78, 5) is 18.7. The van der Waals surface area contributed by atoms with E-state index >= 15 is 0 Å². The standard InChI is InChI=1S/C32H28N6OS2/c1-20-16-24(21(2)38(20)31-27(17-33)26-10-6-7-11-29(26)41-31)18-34-37-30(39)23-12-14-25(15-13-23)35-32-36-28(19-40-32)22-8-4-3-5-9-22/h3-5,8-9,12-16,18-19H,6-7,10-11H2,1-2H3,(H,35,36)(H,37,39)/b34-18-. The SMILES string of the molecule is Cc1cc(/C=N\NC(=O)c2ccc(Nc3nc(-c4ccccc4)cs3)cc2)c(C)n1-c1sc2c(c1C#N)CCCC2. The highest BCUT2D eigenvalue weighted by Gasteiger charge is 2.23. The molecular formula is C32H28N6OS2. The summed E-state index contributed by atoms with van der Waals surface area (Å²) in [6, 6.07) is 21.8. The van der Waals surface area contributed by atoms with E-state index in [9.17, 15) is 10.1 Å². The molecule has 1 aliphatic rings. The van der Waals surface area contributed by atoms with Crippen molar-refractivity contribution in [2.45, 2.75) is 39.5 Å². The fourth-order valence-electron chi connectivity index (χ4n) is 5.18. The number of nitrogens with zero attached hydrogens (tertiary/aromatic N) is 4. The molecule has 0 radical (unpaired) electrons. The molecule has 5 aromatic rings. The highest BCUT2D eigenvalue weighted by atomic mass is 32.1. The maximum atomic E-state index is 12.7. The van der Waals surface area contributed by atoms with E-state index < -0.39 is 0 Å². The normalized spacial score (nSPS) is 12.7. The lowest BCUT2D eigenvalue weighted by Gasteiger charge is -2.10. The van der Waals surface area contributed by atoms with Crippen LogP contribution in [0.5, 0.6) is 0 Å². The third kappa shape index (κ3) is 5.44. The third-order valence-electron chi connectivity index (χ3n) is 7.28. The van der Waals surface area contributed by atoms with E-state index in [-0.39, 0.29) is 5.91 Å². The molecule has 0 spiro atoms. The lowest BCUT2D eigenvalue weighted by Crippen LogP contribution is -2.17. The van der Waals surface area contributed by atoms with Crippen molar-refractivity contribution >= 4 is 45.6 Å². The number of fused-ring (bicyclic) bond motifs is 1. The van der Waals surface area contributed by atoms with Crippen molar-refractivity contribution in [3.63, 3.8) is 0 Å². The Balaban J connectivity index is 1.11. The van der Waals surface area contributed by atoms with Gasteiger partial charge in [0.15, 0.2) is 5.13 Å². The number of thiophene rings is 1. The smallest absolute Gasteiger partial charge is 0.271 e. The Labute approximate surface area is 246 Å². The molecule has 0 saturated heterocycles. The van der Waals surface area contributed by atoms with Crippen molar-refractivity contribution in [3.8, 4) is 22.3 Å². The van der Waals surface area contributed by atoms with Crippen molar-refractivity contribution in [1.82, 2.24) is 15.0 Å². The Bertz CT molecular complexity index is 1790. The topological polar surface area (TPSA) is 95.1 Å². The Morgan fingerprint density at radius 1 is 1.10 bits per heavy atom. The van der Waals surface area contributed by atoms with Gasteiger partial charge in [-0.05, 0) is 75.4 Å². The van der Waals surface area contributed by atoms with Gasteiger partial charge in [0.1, 0.15) is 11.1 Å². The highest BCUT2D eigenvalue weighted by molar-refractivity contribution is 7.15. The molecule has 0 unspecified atom stereocenters. The number of nitriles is 1. The first-order valence-corrected chi connectivity index (χ1v) is 15.2. The summed E-state index contributed by atoms with van der Waals surface area (Å²) in [5, 5.41) is 21.2. The average Bonchev–Trinajstić information content (AvgIpc) is 3.69. The molecule has 1 amide bonds. The monoisotopic (exact) mass is 576 g/mol. The number of nitrogens with one attached hydrogen (secondary N) is 2. The molecule has 0 aliphatic heterocycles. The first-order chi connectivity index (χ1) is 20.0. The second-order valence-corrected chi connectivity index (χ2v) is 11.9. The lowest BCUT2D eigenvalue weighted by atomic mass is 9.96. The fourth-order valence-corrected chi connectivity index (χ4v) is 7.37. The van der Waals surface area contributed by atoms with Gasteiger partial charge in [0.2, 0.25) is 0 Å². The van der Waals surface area contributed by atoms with Gasteiger partial charge in [0, 0.05) is 44.0 Å². The molecule has 7 nitrogen and oxygen atoms in total. The first-order valence-electron chi connectivity index (χ1n) is 13.5. The molecule has 0 bridgehead atoms. The number of aromatic nitrogens is 2. The Kier molecular flexibility index (Phi) is 7.51. The van der Waals surface area contributed by atoms with Gasteiger partial charge >= 0.3 is 0 Å². The number of anilines is 2. The van der Waals surface area contributed by atoms with Crippen molar-refractivity contribution in [3.05, 3.63) is 105 Å². The number of carbonyl (C=O) groups is 1. The van der Waals surface area contributed by atoms with Crippen LogP contribution in [-0.2, 0) is 12.8 Å². The minimum absolute atomic E-state index is 0.292. The second-order valence-electron chi connectivity index (χ2n) is 9.97. The predicted octanol–water partition coefficient (Wildman–Crippen LogP) is 7.54. The number of thiazole rings is 1. The zero-order valence-corrected chi connectivity index (χ0v) is 24.4. The van der Waals surface area contributed by atoms with E-state index in [0.717, 1.165) is 68.9 Å². The van der Waals surface area contributed by atoms with Crippen molar-refractivity contribution in [2.24, 2.45) is 5.10 Å². The van der Waals surface area contributed by atoms with E-state index in [1.54, 1.807) is 29.7 Å². The zero-order valence-electron chi connectivity index (χ0n) is 22.8. The fraction of sp³-hybridized carbons (Fsp3) is 0.188. The molecule has 0 saturated carbocycles. The summed E-state index contributed by atoms with van der Waals surface area (Å²) in [6.07, 6.45) is 6.01. The van der Waals surface area contributed by atoms with Crippen molar-refractivity contribution < 1.29 is 4.79 Å². The summed E-state index contributed by atoms with van der Waals surface area (Å²) >= 11 is 3.26. The van der Waals surface area contributed by atoms with Gasteiger partial charge in [-0.15, -0.1) is 22.7 Å². The van der Waals surface area contributed by atoms with Crippen LogP contribution < -0.4 is 10.7 Å². The van der Waals surface area contributed by atoms with Crippen LogP contribution in [0, 0.1) is 25.2 Å². The molecule has 6 rings (SSSR count). The van der Waals surface area contributed by atoms with Gasteiger partial charge in [0.25, 0.3) is 5.91 Å². The number of hydrogen-bond donors (Lipinski definition) is 2. The number of aryl methyl sites for hydroxylation is 2. The van der Waals surface area contributed by atoms with Gasteiger partial charge in [0.05, 0.1) is 17.5 Å². The van der Waals surface area contributed by atoms with Gasteiger partial charge in [-0.3, -0.25) is 4.79 Å². The first kappa shape index (κ1) is 26.7. The molecule has 1 aliphatic carbocycles. The van der Waals surface area contributed by atoms with Crippen LogP contribution in [0.15, 0.2) is 71.1 Å². The lowest BCUT2D eigenvalue weighted by molar-refractivity contribution is 0.0955. The molecule has 0 atom stereocenters. The Morgan fingerprint density at radius 2 is 1.88 bits per heavy atom. The summed E-state index contributed by atoms with van der Waals surface area (Å²) < 4.78 is 2.14. The van der Waals surface area contributed by atoms with Crippen LogP contribution in [0.25, 0.3) is 16.3 Å².